The number of aryl methyl sites for hydroxylation is 1. The number of carbonyl (C=O) groups excluding carboxylic acids is 1. The lowest BCUT2D eigenvalue weighted by atomic mass is 10.1. The van der Waals surface area contributed by atoms with E-state index in [0.29, 0.717) is 11.6 Å². The molecular formula is C18H20N3O3+. The Labute approximate surface area is 139 Å². The van der Waals surface area contributed by atoms with Crippen molar-refractivity contribution >= 4 is 11.8 Å². The van der Waals surface area contributed by atoms with Gasteiger partial charge in [0, 0.05) is 11.6 Å². The molecule has 2 heterocycles. The summed E-state index contributed by atoms with van der Waals surface area (Å²) in [5.41, 5.74) is 2.82. The molecule has 0 aliphatic carbocycles. The van der Waals surface area contributed by atoms with Gasteiger partial charge in [0.2, 0.25) is 5.88 Å². The second-order valence-electron chi connectivity index (χ2n) is 5.73. The molecule has 1 amide bonds. The highest BCUT2D eigenvalue weighted by Crippen LogP contribution is 2.21. The molecule has 24 heavy (non-hydrogen) atoms. The number of rotatable bonds is 6. The van der Waals surface area contributed by atoms with E-state index in [4.69, 9.17) is 8.94 Å². The number of nitrogens with two attached hydrogens (primary N) is 1. The van der Waals surface area contributed by atoms with Gasteiger partial charge in [-0.1, -0.05) is 35.0 Å². The van der Waals surface area contributed by atoms with Gasteiger partial charge in [0.15, 0.2) is 12.3 Å². The number of anilines is 1. The van der Waals surface area contributed by atoms with Crippen molar-refractivity contribution < 1.29 is 19.1 Å². The largest absolute Gasteiger partial charge is 0.463 e. The average Bonchev–Trinajstić information content (AvgIpc) is 3.25. The van der Waals surface area contributed by atoms with E-state index in [-0.39, 0.29) is 18.5 Å². The Morgan fingerprint density at radius 3 is 2.79 bits per heavy atom. The van der Waals surface area contributed by atoms with E-state index in [0.717, 1.165) is 11.3 Å². The van der Waals surface area contributed by atoms with Crippen molar-refractivity contribution in [3.8, 4) is 11.3 Å². The predicted octanol–water partition coefficient (Wildman–Crippen LogP) is 2.51. The average molecular weight is 326 g/mol. The van der Waals surface area contributed by atoms with E-state index in [1.54, 1.807) is 12.3 Å². The smallest absolute Gasteiger partial charge is 0.281 e. The van der Waals surface area contributed by atoms with Gasteiger partial charge in [-0.25, -0.2) is 0 Å². The lowest BCUT2D eigenvalue weighted by Crippen LogP contribution is -2.86. The Morgan fingerprint density at radius 1 is 1.29 bits per heavy atom. The standard InChI is InChI=1S/C18H19N3O3/c1-12-5-7-14(8-6-12)15-10-18(24-21-15)20-17(22)11-19-13(2)16-4-3-9-23-16/h3-10,13,19H,11H2,1-2H3,(H,20,22)/p+1/t13-/m1/s1. The molecule has 0 bridgehead atoms. The van der Waals surface area contributed by atoms with E-state index in [1.807, 2.05) is 55.6 Å². The molecule has 1 atom stereocenters. The Morgan fingerprint density at radius 2 is 2.08 bits per heavy atom. The molecule has 3 rings (SSSR count). The van der Waals surface area contributed by atoms with Crippen LogP contribution < -0.4 is 10.6 Å². The quantitative estimate of drug-likeness (QED) is 0.729. The highest BCUT2D eigenvalue weighted by Gasteiger charge is 2.15. The molecule has 0 spiro atoms. The fourth-order valence-corrected chi connectivity index (χ4v) is 2.33. The minimum absolute atomic E-state index is 0.0728. The van der Waals surface area contributed by atoms with Gasteiger partial charge in [-0.15, -0.1) is 0 Å². The van der Waals surface area contributed by atoms with Crippen LogP contribution in [0.25, 0.3) is 11.3 Å². The van der Waals surface area contributed by atoms with Gasteiger partial charge in [-0.2, -0.15) is 0 Å². The van der Waals surface area contributed by atoms with E-state index < -0.39 is 0 Å². The summed E-state index contributed by atoms with van der Waals surface area (Å²) in [6, 6.07) is 13.5. The molecule has 6 nitrogen and oxygen atoms in total. The first-order valence-electron chi connectivity index (χ1n) is 7.82. The summed E-state index contributed by atoms with van der Waals surface area (Å²) in [4.78, 5) is 12.0. The number of nitrogens with one attached hydrogen (secondary N) is 1. The highest BCUT2D eigenvalue weighted by molar-refractivity contribution is 5.90. The van der Waals surface area contributed by atoms with Crippen molar-refractivity contribution in [2.45, 2.75) is 19.9 Å². The first-order valence-corrected chi connectivity index (χ1v) is 7.82. The molecular weight excluding hydrogens is 306 g/mol. The van der Waals surface area contributed by atoms with Gasteiger partial charge in [0.1, 0.15) is 11.7 Å². The molecule has 0 fully saturated rings. The third-order valence-electron chi connectivity index (χ3n) is 3.77. The minimum atomic E-state index is -0.153. The van der Waals surface area contributed by atoms with Gasteiger partial charge < -0.3 is 14.3 Å². The van der Waals surface area contributed by atoms with Crippen molar-refractivity contribution in [2.24, 2.45) is 0 Å². The Bertz CT molecular complexity index is 791. The van der Waals surface area contributed by atoms with Crippen LogP contribution in [0.2, 0.25) is 0 Å². The minimum Gasteiger partial charge on any atom is -0.463 e. The number of amides is 1. The van der Waals surface area contributed by atoms with E-state index in [1.165, 1.54) is 5.56 Å². The maximum atomic E-state index is 12.0. The molecule has 0 saturated heterocycles. The number of quaternary nitrogens is 1. The predicted molar refractivity (Wildman–Crippen MR) is 89.2 cm³/mol. The summed E-state index contributed by atoms with van der Waals surface area (Å²) in [5, 5.41) is 8.60. The molecule has 0 radical (unpaired) electrons. The maximum Gasteiger partial charge on any atom is 0.281 e. The fraction of sp³-hybridized carbons (Fsp3) is 0.222. The third kappa shape index (κ3) is 3.91. The molecule has 6 heteroatoms. The van der Waals surface area contributed by atoms with Crippen LogP contribution in [0, 0.1) is 6.92 Å². The van der Waals surface area contributed by atoms with Gasteiger partial charge in [-0.3, -0.25) is 10.1 Å². The summed E-state index contributed by atoms with van der Waals surface area (Å²) in [5.74, 6) is 1.03. The molecule has 0 saturated carbocycles. The Hall–Kier alpha value is -2.86. The number of aromatic nitrogens is 1. The monoisotopic (exact) mass is 326 g/mol. The van der Waals surface area contributed by atoms with Crippen molar-refractivity contribution in [1.82, 2.24) is 5.16 Å². The van der Waals surface area contributed by atoms with E-state index in [9.17, 15) is 4.79 Å². The molecule has 0 aliphatic rings. The van der Waals surface area contributed by atoms with Crippen molar-refractivity contribution in [1.29, 1.82) is 0 Å². The van der Waals surface area contributed by atoms with Crippen LogP contribution >= 0.6 is 0 Å². The fourth-order valence-electron chi connectivity index (χ4n) is 2.33. The van der Waals surface area contributed by atoms with Crippen molar-refractivity contribution in [3.63, 3.8) is 0 Å². The zero-order valence-corrected chi connectivity index (χ0v) is 13.7. The number of furan rings is 1. The number of hydrogen-bond acceptors (Lipinski definition) is 4. The summed E-state index contributed by atoms with van der Waals surface area (Å²) in [6.07, 6.45) is 1.63. The van der Waals surface area contributed by atoms with Crippen LogP contribution in [0.15, 0.2) is 57.7 Å². The number of carbonyl (C=O) groups is 1. The summed E-state index contributed by atoms with van der Waals surface area (Å²) >= 11 is 0. The van der Waals surface area contributed by atoms with Gasteiger partial charge >= 0.3 is 0 Å². The van der Waals surface area contributed by atoms with Crippen LogP contribution in [0.5, 0.6) is 0 Å². The summed E-state index contributed by atoms with van der Waals surface area (Å²) < 4.78 is 10.5. The molecule has 0 aliphatic heterocycles. The zero-order chi connectivity index (χ0) is 16.9. The van der Waals surface area contributed by atoms with Crippen LogP contribution in [0.1, 0.15) is 24.3 Å². The van der Waals surface area contributed by atoms with E-state index >= 15 is 0 Å². The summed E-state index contributed by atoms with van der Waals surface area (Å²) in [6.45, 7) is 4.27. The molecule has 1 aromatic carbocycles. The molecule has 3 N–H and O–H groups in total. The Balaban J connectivity index is 1.54. The molecule has 124 valence electrons. The van der Waals surface area contributed by atoms with Crippen LogP contribution in [0.3, 0.4) is 0 Å². The van der Waals surface area contributed by atoms with Crippen LogP contribution in [-0.4, -0.2) is 17.6 Å². The second kappa shape index (κ2) is 7.14. The normalized spacial score (nSPS) is 12.1. The van der Waals surface area contributed by atoms with Crippen LogP contribution in [-0.2, 0) is 4.79 Å². The van der Waals surface area contributed by atoms with Gasteiger partial charge in [0.05, 0.1) is 6.26 Å². The number of benzene rings is 1. The molecule has 2 aromatic heterocycles. The maximum absolute atomic E-state index is 12.0. The zero-order valence-electron chi connectivity index (χ0n) is 13.7. The van der Waals surface area contributed by atoms with Crippen LogP contribution in [0.4, 0.5) is 5.88 Å². The van der Waals surface area contributed by atoms with E-state index in [2.05, 4.69) is 10.5 Å². The topological polar surface area (TPSA) is 84.9 Å². The number of nitrogens with zero attached hydrogens (tertiary/aromatic N) is 1. The Kier molecular flexibility index (Phi) is 4.77. The van der Waals surface area contributed by atoms with Crippen molar-refractivity contribution in [2.75, 3.05) is 11.9 Å². The lowest BCUT2D eigenvalue weighted by Gasteiger charge is -2.07. The van der Waals surface area contributed by atoms with Gasteiger partial charge in [0.25, 0.3) is 5.91 Å². The first kappa shape index (κ1) is 16.0. The highest BCUT2D eigenvalue weighted by atomic mass is 16.5. The number of hydrogen-bond donors (Lipinski definition) is 2. The molecule has 0 unspecified atom stereocenters. The lowest BCUT2D eigenvalue weighted by molar-refractivity contribution is -0.684. The van der Waals surface area contributed by atoms with Crippen molar-refractivity contribution in [3.05, 3.63) is 60.1 Å². The summed E-state index contributed by atoms with van der Waals surface area (Å²) in [7, 11) is 0. The third-order valence-corrected chi connectivity index (χ3v) is 3.77. The van der Waals surface area contributed by atoms with Gasteiger partial charge in [-0.05, 0) is 26.0 Å². The second-order valence-corrected chi connectivity index (χ2v) is 5.73. The SMILES string of the molecule is Cc1ccc(-c2cc(NC(=O)C[NH2+][C@H](C)c3ccco3)on2)cc1. The first-order chi connectivity index (χ1) is 11.6. The molecule has 3 aromatic rings.